The van der Waals surface area contributed by atoms with Gasteiger partial charge in [-0.3, -0.25) is 14.4 Å². The lowest BCUT2D eigenvalue weighted by Crippen LogP contribution is -2.30. The predicted molar refractivity (Wildman–Crippen MR) is 344 cm³/mol. The molecule has 1 unspecified atom stereocenters. The smallest absolute Gasteiger partial charge is 0.306 e. The number of carbonyl (C=O) groups is 3. The Morgan fingerprint density at radius 2 is 0.456 bits per heavy atom. The third-order valence-corrected chi connectivity index (χ3v) is 14.8. The van der Waals surface area contributed by atoms with Crippen LogP contribution in [0, 0.1) is 0 Å². The van der Waals surface area contributed by atoms with Crippen LogP contribution in [0.3, 0.4) is 0 Å². The van der Waals surface area contributed by atoms with Gasteiger partial charge in [-0.25, -0.2) is 0 Å². The molecule has 0 N–H and O–H groups in total. The number of unbranched alkanes of at least 4 members (excludes halogenated alkanes) is 37. The number of esters is 3. The number of rotatable bonds is 62. The van der Waals surface area contributed by atoms with Crippen molar-refractivity contribution in [3.63, 3.8) is 0 Å². The summed E-state index contributed by atoms with van der Waals surface area (Å²) in [5.41, 5.74) is 0. The van der Waals surface area contributed by atoms with Gasteiger partial charge >= 0.3 is 17.9 Å². The van der Waals surface area contributed by atoms with Crippen LogP contribution >= 0.6 is 0 Å². The second-order valence-electron chi connectivity index (χ2n) is 22.7. The fourth-order valence-corrected chi connectivity index (χ4v) is 9.69. The Kier molecular flexibility index (Phi) is 64.2. The van der Waals surface area contributed by atoms with Crippen molar-refractivity contribution in [3.8, 4) is 0 Å². The number of ether oxygens (including phenoxy) is 3. The van der Waals surface area contributed by atoms with Crippen LogP contribution < -0.4 is 0 Å². The molecule has 6 nitrogen and oxygen atoms in total. The van der Waals surface area contributed by atoms with Crippen molar-refractivity contribution in [2.45, 2.75) is 348 Å². The first-order valence-electron chi connectivity index (χ1n) is 34.1. The van der Waals surface area contributed by atoms with Gasteiger partial charge in [0.1, 0.15) is 13.2 Å². The summed E-state index contributed by atoms with van der Waals surface area (Å²) in [4.78, 5) is 38.4. The molecule has 0 aromatic heterocycles. The van der Waals surface area contributed by atoms with Crippen LogP contribution in [0.4, 0.5) is 0 Å². The Labute approximate surface area is 490 Å². The van der Waals surface area contributed by atoms with E-state index in [-0.39, 0.29) is 31.1 Å². The highest BCUT2D eigenvalue weighted by molar-refractivity contribution is 5.71. The second-order valence-corrected chi connectivity index (χ2v) is 22.7. The maximum Gasteiger partial charge on any atom is 0.306 e. The third-order valence-electron chi connectivity index (χ3n) is 14.8. The summed E-state index contributed by atoms with van der Waals surface area (Å²) < 4.78 is 17.0. The van der Waals surface area contributed by atoms with Crippen LogP contribution in [0.5, 0.6) is 0 Å². The summed E-state index contributed by atoms with van der Waals surface area (Å²) >= 11 is 0. The maximum atomic E-state index is 12.9. The lowest BCUT2D eigenvalue weighted by atomic mass is 10.1. The Morgan fingerprint density at radius 3 is 0.734 bits per heavy atom. The fourth-order valence-electron chi connectivity index (χ4n) is 9.69. The van der Waals surface area contributed by atoms with E-state index < -0.39 is 6.10 Å². The van der Waals surface area contributed by atoms with Crippen molar-refractivity contribution < 1.29 is 28.6 Å². The fraction of sp³-hybridized carbons (Fsp3) is 0.767. The Morgan fingerprint density at radius 1 is 0.253 bits per heavy atom. The average molecular weight is 1100 g/mol. The van der Waals surface area contributed by atoms with Crippen LogP contribution in [0.15, 0.2) is 85.1 Å². The summed E-state index contributed by atoms with van der Waals surface area (Å²) in [6.07, 6.45) is 88.7. The highest BCUT2D eigenvalue weighted by Crippen LogP contribution is 2.16. The molecule has 456 valence electrons. The maximum absolute atomic E-state index is 12.9. The number of hydrogen-bond acceptors (Lipinski definition) is 6. The zero-order valence-electron chi connectivity index (χ0n) is 52.4. The van der Waals surface area contributed by atoms with Crippen molar-refractivity contribution in [3.05, 3.63) is 85.1 Å². The van der Waals surface area contributed by atoms with E-state index in [0.717, 1.165) is 89.9 Å². The lowest BCUT2D eigenvalue weighted by molar-refractivity contribution is -0.167. The Bertz CT molecular complexity index is 1500. The minimum absolute atomic E-state index is 0.0816. The first-order valence-corrected chi connectivity index (χ1v) is 34.1. The van der Waals surface area contributed by atoms with Gasteiger partial charge in [0, 0.05) is 19.3 Å². The minimum Gasteiger partial charge on any atom is -0.462 e. The van der Waals surface area contributed by atoms with Crippen molar-refractivity contribution in [2.75, 3.05) is 13.2 Å². The molecule has 0 aliphatic carbocycles. The zero-order chi connectivity index (χ0) is 57.1. The van der Waals surface area contributed by atoms with Crippen LogP contribution in [0.1, 0.15) is 342 Å². The topological polar surface area (TPSA) is 78.9 Å². The van der Waals surface area contributed by atoms with Crippen LogP contribution in [-0.4, -0.2) is 37.2 Å². The summed E-state index contributed by atoms with van der Waals surface area (Å²) in [5, 5.41) is 0. The first kappa shape index (κ1) is 75.6. The second kappa shape index (κ2) is 67.1. The molecule has 0 bridgehead atoms. The molecule has 79 heavy (non-hydrogen) atoms. The van der Waals surface area contributed by atoms with E-state index >= 15 is 0 Å². The molecule has 0 aliphatic heterocycles. The molecule has 0 spiro atoms. The third kappa shape index (κ3) is 65.3. The van der Waals surface area contributed by atoms with Gasteiger partial charge in [0.25, 0.3) is 0 Å². The quantitative estimate of drug-likeness (QED) is 0.0261. The standard InChI is InChI=1S/C73H128O6/c1-4-7-10-13-16-19-22-25-28-31-34-35-36-37-40-42-45-48-51-54-57-60-63-66-72(75)78-69-70(79-73(76)67-64-61-58-55-52-49-46-43-39-33-30-27-24-21-18-15-12-9-6-3)68-77-71(74)65-62-59-56-53-50-47-44-41-38-32-29-26-23-20-17-14-11-8-5-2/h17-18,20-22,25-27,29-31,34,36-37,70H,4-16,19,23-24,28,32-33,35,38-69H2,1-3H3/b20-17-,21-18-,25-22-,29-26-,30-27-,34-31-,37-36-. The van der Waals surface area contributed by atoms with Crippen LogP contribution in [-0.2, 0) is 28.6 Å². The average Bonchev–Trinajstić information content (AvgIpc) is 3.45. The van der Waals surface area contributed by atoms with Gasteiger partial charge in [-0.1, -0.05) is 286 Å². The molecule has 0 aromatic rings. The van der Waals surface area contributed by atoms with E-state index in [4.69, 9.17) is 14.2 Å². The van der Waals surface area contributed by atoms with E-state index in [0.29, 0.717) is 19.3 Å². The molecule has 0 rings (SSSR count). The summed E-state index contributed by atoms with van der Waals surface area (Å²) in [5.74, 6) is -0.881. The van der Waals surface area contributed by atoms with Gasteiger partial charge < -0.3 is 14.2 Å². The van der Waals surface area contributed by atoms with Crippen molar-refractivity contribution in [1.82, 2.24) is 0 Å². The minimum atomic E-state index is -0.786. The van der Waals surface area contributed by atoms with Crippen molar-refractivity contribution in [2.24, 2.45) is 0 Å². The molecule has 0 heterocycles. The molecule has 0 fully saturated rings. The molecule has 0 amide bonds. The summed E-state index contributed by atoms with van der Waals surface area (Å²) in [7, 11) is 0. The highest BCUT2D eigenvalue weighted by atomic mass is 16.6. The van der Waals surface area contributed by atoms with E-state index in [9.17, 15) is 14.4 Å². The molecule has 0 saturated carbocycles. The number of allylic oxidation sites excluding steroid dienone is 14. The predicted octanol–water partition coefficient (Wildman–Crippen LogP) is 23.4. The molecule has 0 radical (unpaired) electrons. The first-order chi connectivity index (χ1) is 39.0. The Balaban J connectivity index is 4.39. The van der Waals surface area contributed by atoms with Gasteiger partial charge in [0.05, 0.1) is 0 Å². The molecule has 1 atom stereocenters. The molecule has 0 aliphatic rings. The van der Waals surface area contributed by atoms with Crippen LogP contribution in [0.2, 0.25) is 0 Å². The van der Waals surface area contributed by atoms with Gasteiger partial charge in [0.2, 0.25) is 0 Å². The monoisotopic (exact) mass is 1100 g/mol. The SMILES string of the molecule is CCCCC/C=C\C/C=C\CCCCCCCCCCCC(=O)OCC(COC(=O)CCCCCCCCCC/C=C\C/C=C\C/C=C\CCCCCCC)OC(=O)CCCCCCCCCCC/C=C\C/C=C\CCCCC. The largest absolute Gasteiger partial charge is 0.462 e. The number of hydrogen-bond donors (Lipinski definition) is 0. The molecule has 6 heteroatoms. The van der Waals surface area contributed by atoms with E-state index in [2.05, 4.69) is 106 Å². The summed E-state index contributed by atoms with van der Waals surface area (Å²) in [6.45, 7) is 6.61. The van der Waals surface area contributed by atoms with Crippen molar-refractivity contribution >= 4 is 17.9 Å². The molecule has 0 saturated heterocycles. The number of carbonyl (C=O) groups excluding carboxylic acids is 3. The van der Waals surface area contributed by atoms with E-state index in [1.54, 1.807) is 0 Å². The van der Waals surface area contributed by atoms with Gasteiger partial charge in [0.15, 0.2) is 6.10 Å². The van der Waals surface area contributed by atoms with Gasteiger partial charge in [-0.2, -0.15) is 0 Å². The Hall–Kier alpha value is -3.41. The molecular formula is C73H128O6. The normalized spacial score (nSPS) is 12.6. The molecular weight excluding hydrogens is 973 g/mol. The highest BCUT2D eigenvalue weighted by Gasteiger charge is 2.19. The van der Waals surface area contributed by atoms with Crippen LogP contribution in [0.25, 0.3) is 0 Å². The van der Waals surface area contributed by atoms with E-state index in [1.165, 1.54) is 212 Å². The summed E-state index contributed by atoms with van der Waals surface area (Å²) in [6, 6.07) is 0. The molecule has 0 aromatic carbocycles. The van der Waals surface area contributed by atoms with Crippen molar-refractivity contribution in [1.29, 1.82) is 0 Å². The van der Waals surface area contributed by atoms with Gasteiger partial charge in [-0.15, -0.1) is 0 Å². The van der Waals surface area contributed by atoms with E-state index in [1.807, 2.05) is 0 Å². The zero-order valence-corrected chi connectivity index (χ0v) is 52.4. The van der Waals surface area contributed by atoms with Gasteiger partial charge in [-0.05, 0) is 122 Å². The lowest BCUT2D eigenvalue weighted by Gasteiger charge is -2.18.